The first-order valence-corrected chi connectivity index (χ1v) is 9.27. The Morgan fingerprint density at radius 1 is 1.33 bits per heavy atom. The SMILES string of the molecule is O=C(C=Cc1ccco1)Nc1cc(N2CCCS2(=O)=O)ccc1Cl. The summed E-state index contributed by atoms with van der Waals surface area (Å²) in [5.41, 5.74) is 0.840. The zero-order valence-electron chi connectivity index (χ0n) is 12.6. The van der Waals surface area contributed by atoms with Crippen LogP contribution in [-0.2, 0) is 14.8 Å². The molecule has 1 N–H and O–H groups in total. The molecule has 0 radical (unpaired) electrons. The Hall–Kier alpha value is -2.25. The molecule has 0 atom stereocenters. The number of benzene rings is 1. The van der Waals surface area contributed by atoms with Gasteiger partial charge in [-0.2, -0.15) is 0 Å². The lowest BCUT2D eigenvalue weighted by molar-refractivity contribution is -0.111. The molecule has 126 valence electrons. The fraction of sp³-hybridized carbons (Fsp3) is 0.188. The lowest BCUT2D eigenvalue weighted by Crippen LogP contribution is -2.25. The standard InChI is InChI=1S/C16H15ClN2O4S/c17-14-6-4-12(19-8-2-10-24(19,21)22)11-15(14)18-16(20)7-5-13-3-1-9-23-13/h1,3-7,9,11H,2,8,10H2,(H,18,20). The second-order valence-corrected chi connectivity index (χ2v) is 7.66. The Morgan fingerprint density at radius 3 is 2.83 bits per heavy atom. The number of nitrogens with zero attached hydrogens (tertiary/aromatic N) is 1. The number of hydrogen-bond donors (Lipinski definition) is 1. The summed E-state index contributed by atoms with van der Waals surface area (Å²) in [5, 5.41) is 2.97. The predicted octanol–water partition coefficient (Wildman–Crippen LogP) is 3.12. The molecule has 1 aliphatic heterocycles. The summed E-state index contributed by atoms with van der Waals surface area (Å²) >= 11 is 6.09. The van der Waals surface area contributed by atoms with E-state index in [9.17, 15) is 13.2 Å². The van der Waals surface area contributed by atoms with Crippen molar-refractivity contribution >= 4 is 45.0 Å². The number of sulfonamides is 1. The van der Waals surface area contributed by atoms with Gasteiger partial charge in [0.05, 0.1) is 28.4 Å². The monoisotopic (exact) mass is 366 g/mol. The van der Waals surface area contributed by atoms with Gasteiger partial charge in [0.1, 0.15) is 5.76 Å². The number of anilines is 2. The van der Waals surface area contributed by atoms with Crippen LogP contribution in [0.4, 0.5) is 11.4 Å². The van der Waals surface area contributed by atoms with Crippen molar-refractivity contribution in [2.24, 2.45) is 0 Å². The van der Waals surface area contributed by atoms with Crippen molar-refractivity contribution in [3.63, 3.8) is 0 Å². The van der Waals surface area contributed by atoms with E-state index >= 15 is 0 Å². The molecule has 0 aliphatic carbocycles. The minimum atomic E-state index is -3.29. The van der Waals surface area contributed by atoms with Crippen molar-refractivity contribution in [1.82, 2.24) is 0 Å². The smallest absolute Gasteiger partial charge is 0.248 e. The fourth-order valence-corrected chi connectivity index (χ4v) is 4.13. The summed E-state index contributed by atoms with van der Waals surface area (Å²) in [7, 11) is -3.29. The van der Waals surface area contributed by atoms with E-state index in [-0.39, 0.29) is 5.75 Å². The van der Waals surface area contributed by atoms with E-state index in [1.54, 1.807) is 30.3 Å². The molecule has 1 amide bonds. The largest absolute Gasteiger partial charge is 0.465 e. The van der Waals surface area contributed by atoms with Gasteiger partial charge in [-0.05, 0) is 42.8 Å². The first-order valence-electron chi connectivity index (χ1n) is 7.28. The maximum Gasteiger partial charge on any atom is 0.248 e. The molecule has 1 fully saturated rings. The van der Waals surface area contributed by atoms with Gasteiger partial charge in [-0.1, -0.05) is 11.6 Å². The summed E-state index contributed by atoms with van der Waals surface area (Å²) in [6.07, 6.45) is 4.93. The number of nitrogens with one attached hydrogen (secondary N) is 1. The van der Waals surface area contributed by atoms with Crippen molar-refractivity contribution in [2.75, 3.05) is 21.9 Å². The Labute approximate surface area is 144 Å². The van der Waals surface area contributed by atoms with Gasteiger partial charge >= 0.3 is 0 Å². The van der Waals surface area contributed by atoms with Gasteiger partial charge in [-0.3, -0.25) is 9.10 Å². The lowest BCUT2D eigenvalue weighted by Gasteiger charge is -2.18. The minimum absolute atomic E-state index is 0.128. The van der Waals surface area contributed by atoms with Crippen LogP contribution in [0.25, 0.3) is 6.08 Å². The molecule has 6 nitrogen and oxygen atoms in total. The molecule has 0 saturated carbocycles. The van der Waals surface area contributed by atoms with E-state index in [0.29, 0.717) is 35.1 Å². The topological polar surface area (TPSA) is 79.6 Å². The number of carbonyl (C=O) groups is 1. The fourth-order valence-electron chi connectivity index (χ4n) is 2.41. The molecule has 3 rings (SSSR count). The molecular weight excluding hydrogens is 352 g/mol. The van der Waals surface area contributed by atoms with Gasteiger partial charge in [0.2, 0.25) is 15.9 Å². The third-order valence-electron chi connectivity index (χ3n) is 3.54. The summed E-state index contributed by atoms with van der Waals surface area (Å²) in [4.78, 5) is 12.0. The van der Waals surface area contributed by atoms with E-state index in [0.717, 1.165) is 0 Å². The van der Waals surface area contributed by atoms with Gasteiger partial charge in [0.25, 0.3) is 0 Å². The molecule has 1 aromatic heterocycles. The zero-order chi connectivity index (χ0) is 17.2. The van der Waals surface area contributed by atoms with Crippen LogP contribution >= 0.6 is 11.6 Å². The summed E-state index contributed by atoms with van der Waals surface area (Å²) < 4.78 is 30.4. The Kier molecular flexibility index (Phi) is 4.64. The number of halogens is 1. The van der Waals surface area contributed by atoms with E-state index in [1.807, 2.05) is 0 Å². The molecule has 1 saturated heterocycles. The highest BCUT2D eigenvalue weighted by atomic mass is 35.5. The molecule has 24 heavy (non-hydrogen) atoms. The quantitative estimate of drug-likeness (QED) is 0.843. The first-order chi connectivity index (χ1) is 11.5. The lowest BCUT2D eigenvalue weighted by atomic mass is 10.2. The summed E-state index contributed by atoms with van der Waals surface area (Å²) in [6, 6.07) is 8.18. The highest BCUT2D eigenvalue weighted by Gasteiger charge is 2.28. The third-order valence-corrected chi connectivity index (χ3v) is 5.74. The van der Waals surface area contributed by atoms with E-state index in [2.05, 4.69) is 5.32 Å². The average molecular weight is 367 g/mol. The number of hydrogen-bond acceptors (Lipinski definition) is 4. The zero-order valence-corrected chi connectivity index (χ0v) is 14.2. The van der Waals surface area contributed by atoms with Gasteiger partial charge in [-0.25, -0.2) is 8.42 Å². The van der Waals surface area contributed by atoms with Crippen LogP contribution in [0.3, 0.4) is 0 Å². The molecule has 2 aromatic rings. The van der Waals surface area contributed by atoms with E-state index in [4.69, 9.17) is 16.0 Å². The number of furan rings is 1. The Morgan fingerprint density at radius 2 is 2.17 bits per heavy atom. The van der Waals surface area contributed by atoms with Crippen LogP contribution in [0.5, 0.6) is 0 Å². The second-order valence-electron chi connectivity index (χ2n) is 5.24. The Bertz CT molecular complexity index is 875. The van der Waals surface area contributed by atoms with Gasteiger partial charge in [0, 0.05) is 12.6 Å². The van der Waals surface area contributed by atoms with Crippen LogP contribution in [0, 0.1) is 0 Å². The Balaban J connectivity index is 1.78. The van der Waals surface area contributed by atoms with Crippen LogP contribution in [0.2, 0.25) is 5.02 Å². The first kappa shape index (κ1) is 16.6. The molecule has 0 bridgehead atoms. The van der Waals surface area contributed by atoms with Crippen LogP contribution in [0.1, 0.15) is 12.2 Å². The van der Waals surface area contributed by atoms with Crippen molar-refractivity contribution < 1.29 is 17.6 Å². The maximum atomic E-state index is 12.0. The molecule has 1 aliphatic rings. The van der Waals surface area contributed by atoms with E-state index in [1.165, 1.54) is 22.7 Å². The van der Waals surface area contributed by atoms with Crippen LogP contribution < -0.4 is 9.62 Å². The molecule has 2 heterocycles. The molecular formula is C16H15ClN2O4S. The minimum Gasteiger partial charge on any atom is -0.465 e. The average Bonchev–Trinajstić information content (AvgIpc) is 3.16. The highest BCUT2D eigenvalue weighted by Crippen LogP contribution is 2.31. The molecule has 0 unspecified atom stereocenters. The van der Waals surface area contributed by atoms with Crippen molar-refractivity contribution in [3.8, 4) is 0 Å². The van der Waals surface area contributed by atoms with Gasteiger partial charge < -0.3 is 9.73 Å². The number of amides is 1. The number of rotatable bonds is 4. The van der Waals surface area contributed by atoms with Crippen LogP contribution in [0.15, 0.2) is 47.1 Å². The normalized spacial score (nSPS) is 16.6. The van der Waals surface area contributed by atoms with Crippen molar-refractivity contribution in [3.05, 3.63) is 53.5 Å². The highest BCUT2D eigenvalue weighted by molar-refractivity contribution is 7.93. The predicted molar refractivity (Wildman–Crippen MR) is 93.6 cm³/mol. The summed E-state index contributed by atoms with van der Waals surface area (Å²) in [6.45, 7) is 0.426. The van der Waals surface area contributed by atoms with Gasteiger partial charge in [0.15, 0.2) is 0 Å². The third kappa shape index (κ3) is 3.63. The van der Waals surface area contributed by atoms with Crippen LogP contribution in [-0.4, -0.2) is 26.6 Å². The number of carbonyl (C=O) groups excluding carboxylic acids is 1. The maximum absolute atomic E-state index is 12.0. The van der Waals surface area contributed by atoms with Crippen molar-refractivity contribution in [2.45, 2.75) is 6.42 Å². The molecule has 0 spiro atoms. The molecule has 8 heteroatoms. The van der Waals surface area contributed by atoms with Crippen molar-refractivity contribution in [1.29, 1.82) is 0 Å². The van der Waals surface area contributed by atoms with Gasteiger partial charge in [-0.15, -0.1) is 0 Å². The molecule has 1 aromatic carbocycles. The van der Waals surface area contributed by atoms with E-state index < -0.39 is 15.9 Å². The summed E-state index contributed by atoms with van der Waals surface area (Å²) in [5.74, 6) is 0.284. The second kappa shape index (κ2) is 6.70.